The SMILES string of the molecule is C[C@H]1c2c(cc(F)c(Cl)c2B2OC(C)(C)C(C)(C)O2)O[C@@H]1c1ccccc1. The van der Waals surface area contributed by atoms with E-state index in [2.05, 4.69) is 6.92 Å². The van der Waals surface area contributed by atoms with Crippen LogP contribution in [0.1, 0.15) is 57.8 Å². The largest absolute Gasteiger partial charge is 0.496 e. The van der Waals surface area contributed by atoms with Gasteiger partial charge in [0.25, 0.3) is 0 Å². The minimum atomic E-state index is -0.743. The second-order valence-corrected chi connectivity index (χ2v) is 8.70. The molecule has 0 radical (unpaired) electrons. The third-order valence-corrected chi connectivity index (χ3v) is 6.42. The fourth-order valence-electron chi connectivity index (χ4n) is 3.78. The molecule has 0 N–H and O–H groups in total. The lowest BCUT2D eigenvalue weighted by molar-refractivity contribution is 0.00578. The fraction of sp³-hybridized carbons (Fsp3) is 0.429. The van der Waals surface area contributed by atoms with Crippen LogP contribution in [0, 0.1) is 5.82 Å². The molecule has 1 fully saturated rings. The van der Waals surface area contributed by atoms with E-state index in [1.165, 1.54) is 6.07 Å². The lowest BCUT2D eigenvalue weighted by Crippen LogP contribution is -2.41. The summed E-state index contributed by atoms with van der Waals surface area (Å²) in [5.74, 6) is -0.0430. The Morgan fingerprint density at radius 3 is 2.22 bits per heavy atom. The third-order valence-electron chi connectivity index (χ3n) is 6.04. The van der Waals surface area contributed by atoms with Crippen molar-refractivity contribution in [2.45, 2.75) is 57.8 Å². The van der Waals surface area contributed by atoms with Gasteiger partial charge < -0.3 is 14.0 Å². The Balaban J connectivity index is 1.81. The molecule has 2 aromatic rings. The van der Waals surface area contributed by atoms with E-state index in [1.54, 1.807) is 0 Å². The van der Waals surface area contributed by atoms with Crippen molar-refractivity contribution in [3.63, 3.8) is 0 Å². The van der Waals surface area contributed by atoms with Gasteiger partial charge in [0.05, 0.1) is 16.2 Å². The normalized spacial score (nSPS) is 25.4. The van der Waals surface area contributed by atoms with Gasteiger partial charge >= 0.3 is 7.12 Å². The molecule has 2 aliphatic rings. The highest BCUT2D eigenvalue weighted by Crippen LogP contribution is 2.47. The molecule has 0 unspecified atom stereocenters. The Morgan fingerprint density at radius 2 is 1.63 bits per heavy atom. The minimum absolute atomic E-state index is 0.0190. The molecule has 2 aliphatic heterocycles. The quantitative estimate of drug-likeness (QED) is 0.676. The first-order chi connectivity index (χ1) is 12.6. The van der Waals surface area contributed by atoms with E-state index in [0.29, 0.717) is 11.2 Å². The van der Waals surface area contributed by atoms with Gasteiger partial charge in [0.15, 0.2) is 0 Å². The summed E-state index contributed by atoms with van der Waals surface area (Å²) in [7, 11) is -0.743. The van der Waals surface area contributed by atoms with Crippen molar-refractivity contribution in [3.05, 3.63) is 58.4 Å². The van der Waals surface area contributed by atoms with Gasteiger partial charge in [-0.15, -0.1) is 0 Å². The van der Waals surface area contributed by atoms with Gasteiger partial charge in [0, 0.05) is 23.0 Å². The Labute approximate surface area is 164 Å². The van der Waals surface area contributed by atoms with E-state index in [1.807, 2.05) is 58.0 Å². The zero-order valence-electron chi connectivity index (χ0n) is 16.2. The fourth-order valence-corrected chi connectivity index (χ4v) is 4.03. The van der Waals surface area contributed by atoms with Gasteiger partial charge in [0.2, 0.25) is 0 Å². The first-order valence-corrected chi connectivity index (χ1v) is 9.59. The summed E-state index contributed by atoms with van der Waals surface area (Å²) in [5, 5.41) is 0.0383. The van der Waals surface area contributed by atoms with Crippen molar-refractivity contribution < 1.29 is 18.4 Å². The van der Waals surface area contributed by atoms with E-state index in [9.17, 15) is 4.39 Å². The van der Waals surface area contributed by atoms with Gasteiger partial charge in [-0.2, -0.15) is 0 Å². The van der Waals surface area contributed by atoms with Crippen LogP contribution < -0.4 is 10.2 Å². The number of benzene rings is 2. The predicted octanol–water partition coefficient (Wildman–Crippen LogP) is 5.02. The molecule has 142 valence electrons. The molecule has 1 saturated heterocycles. The summed E-state index contributed by atoms with van der Waals surface area (Å²) >= 11 is 6.41. The standard InChI is InChI=1S/C21H23BClFO3/c1-12-16-15(25-19(12)13-9-7-6-8-10-13)11-14(24)18(23)17(16)22-26-20(2,3)21(4,5)27-22/h6-12,19H,1-5H3/t12-,19-/m0/s1. The molecule has 0 aliphatic carbocycles. The monoisotopic (exact) mass is 388 g/mol. The van der Waals surface area contributed by atoms with Crippen LogP contribution in [0.2, 0.25) is 5.02 Å². The first-order valence-electron chi connectivity index (χ1n) is 9.21. The van der Waals surface area contributed by atoms with Crippen LogP contribution in [0.4, 0.5) is 4.39 Å². The maximum atomic E-state index is 14.6. The lowest BCUT2D eigenvalue weighted by atomic mass is 9.72. The maximum absolute atomic E-state index is 14.6. The van der Waals surface area contributed by atoms with Crippen molar-refractivity contribution in [1.29, 1.82) is 0 Å². The van der Waals surface area contributed by atoms with Crippen LogP contribution in [-0.4, -0.2) is 18.3 Å². The molecule has 0 saturated carbocycles. The summed E-state index contributed by atoms with van der Waals surface area (Å²) in [4.78, 5) is 0. The summed E-state index contributed by atoms with van der Waals surface area (Å²) in [6, 6.07) is 11.3. The Hall–Kier alpha value is -1.56. The van der Waals surface area contributed by atoms with E-state index < -0.39 is 24.1 Å². The Bertz CT molecular complexity index is 869. The third kappa shape index (κ3) is 2.88. The topological polar surface area (TPSA) is 27.7 Å². The van der Waals surface area contributed by atoms with Gasteiger partial charge in [-0.05, 0) is 33.3 Å². The molecule has 0 amide bonds. The average Bonchev–Trinajstić information content (AvgIpc) is 3.02. The van der Waals surface area contributed by atoms with E-state index >= 15 is 0 Å². The molecule has 2 atom stereocenters. The number of ether oxygens (including phenoxy) is 1. The molecule has 0 spiro atoms. The zero-order valence-corrected chi connectivity index (χ0v) is 16.9. The highest BCUT2D eigenvalue weighted by atomic mass is 35.5. The molecule has 2 heterocycles. The minimum Gasteiger partial charge on any atom is -0.485 e. The molecule has 0 aromatic heterocycles. The molecule has 27 heavy (non-hydrogen) atoms. The van der Waals surface area contributed by atoms with E-state index in [4.69, 9.17) is 25.6 Å². The molecular formula is C21H23BClFO3. The zero-order chi connectivity index (χ0) is 19.6. The van der Waals surface area contributed by atoms with E-state index in [0.717, 1.165) is 11.1 Å². The summed E-state index contributed by atoms with van der Waals surface area (Å²) in [5.41, 5.74) is 1.35. The predicted molar refractivity (Wildman–Crippen MR) is 105 cm³/mol. The number of rotatable bonds is 2. The average molecular weight is 389 g/mol. The number of fused-ring (bicyclic) bond motifs is 1. The van der Waals surface area contributed by atoms with E-state index in [-0.39, 0.29) is 17.0 Å². The molecule has 0 bridgehead atoms. The van der Waals surface area contributed by atoms with Crippen molar-refractivity contribution in [2.24, 2.45) is 0 Å². The van der Waals surface area contributed by atoms with Gasteiger partial charge in [-0.25, -0.2) is 4.39 Å². The smallest absolute Gasteiger partial charge is 0.485 e. The van der Waals surface area contributed by atoms with Crippen LogP contribution in [-0.2, 0) is 9.31 Å². The highest BCUT2D eigenvalue weighted by molar-refractivity contribution is 6.66. The van der Waals surface area contributed by atoms with Gasteiger partial charge in [-0.3, -0.25) is 0 Å². The summed E-state index contributed by atoms with van der Waals surface area (Å²) in [6.07, 6.45) is -0.208. The Kier molecular flexibility index (Phi) is 4.34. The van der Waals surface area contributed by atoms with Crippen molar-refractivity contribution in [2.75, 3.05) is 0 Å². The van der Waals surface area contributed by atoms with Gasteiger partial charge in [-0.1, -0.05) is 48.9 Å². The molecule has 3 nitrogen and oxygen atoms in total. The summed E-state index contributed by atoms with van der Waals surface area (Å²) < 4.78 is 33.1. The van der Waals surface area contributed by atoms with Crippen LogP contribution >= 0.6 is 11.6 Å². The molecular weight excluding hydrogens is 365 g/mol. The molecule has 6 heteroatoms. The van der Waals surface area contributed by atoms with Crippen LogP contribution in [0.3, 0.4) is 0 Å². The lowest BCUT2D eigenvalue weighted by Gasteiger charge is -2.32. The van der Waals surface area contributed by atoms with Crippen LogP contribution in [0.5, 0.6) is 5.75 Å². The first kappa shape index (κ1) is 18.8. The second kappa shape index (κ2) is 6.23. The van der Waals surface area contributed by atoms with Crippen molar-refractivity contribution in [3.8, 4) is 5.75 Å². The second-order valence-electron chi connectivity index (χ2n) is 8.32. The number of hydrogen-bond donors (Lipinski definition) is 0. The number of halogens is 2. The number of hydrogen-bond acceptors (Lipinski definition) is 3. The summed E-state index contributed by atoms with van der Waals surface area (Å²) in [6.45, 7) is 9.92. The van der Waals surface area contributed by atoms with Crippen LogP contribution in [0.25, 0.3) is 0 Å². The van der Waals surface area contributed by atoms with Crippen molar-refractivity contribution >= 4 is 24.2 Å². The van der Waals surface area contributed by atoms with Crippen molar-refractivity contribution in [1.82, 2.24) is 0 Å². The van der Waals surface area contributed by atoms with Gasteiger partial charge in [0.1, 0.15) is 17.7 Å². The highest BCUT2D eigenvalue weighted by Gasteiger charge is 2.54. The Morgan fingerprint density at radius 1 is 1.04 bits per heavy atom. The maximum Gasteiger partial charge on any atom is 0.496 e. The van der Waals surface area contributed by atoms with Crippen LogP contribution in [0.15, 0.2) is 36.4 Å². The molecule has 2 aromatic carbocycles. The molecule has 4 rings (SSSR count).